The molecule has 0 radical (unpaired) electrons. The van der Waals surface area contributed by atoms with Gasteiger partial charge in [0.15, 0.2) is 0 Å². The molecule has 3 heterocycles. The maximum atomic E-state index is 13.1. The lowest BCUT2D eigenvalue weighted by molar-refractivity contribution is -0.136. The lowest BCUT2D eigenvalue weighted by Gasteiger charge is -2.37. The van der Waals surface area contributed by atoms with E-state index >= 15 is 0 Å². The van der Waals surface area contributed by atoms with E-state index in [9.17, 15) is 9.59 Å². The molecule has 1 aromatic heterocycles. The van der Waals surface area contributed by atoms with Crippen LogP contribution in [-0.2, 0) is 9.59 Å². The van der Waals surface area contributed by atoms with E-state index in [4.69, 9.17) is 4.52 Å². The van der Waals surface area contributed by atoms with Gasteiger partial charge in [-0.1, -0.05) is 23.4 Å². The van der Waals surface area contributed by atoms with Crippen molar-refractivity contribution in [3.05, 3.63) is 60.5 Å². The number of carbonyl (C=O) groups is 2. The Kier molecular flexibility index (Phi) is 5.34. The molecule has 0 unspecified atom stereocenters. The molecule has 5 rings (SSSR count). The second-order valence-corrected chi connectivity index (χ2v) is 8.24. The fourth-order valence-electron chi connectivity index (χ4n) is 4.41. The van der Waals surface area contributed by atoms with E-state index in [1.807, 2.05) is 59.5 Å². The van der Waals surface area contributed by atoms with Gasteiger partial charge in [0.2, 0.25) is 23.5 Å². The van der Waals surface area contributed by atoms with Gasteiger partial charge >= 0.3 is 0 Å². The highest BCUT2D eigenvalue weighted by molar-refractivity contribution is 6.00. The number of rotatable bonds is 4. The molecule has 32 heavy (non-hydrogen) atoms. The Morgan fingerprint density at radius 1 is 0.969 bits per heavy atom. The quantitative estimate of drug-likeness (QED) is 0.632. The molecule has 8 nitrogen and oxygen atoms in total. The zero-order valence-electron chi connectivity index (χ0n) is 18.0. The minimum atomic E-state index is -0.271. The predicted octanol–water partition coefficient (Wildman–Crippen LogP) is 2.75. The normalized spacial score (nSPS) is 19.0. The molecular formula is C24H25N5O3. The molecule has 1 atom stereocenters. The maximum absolute atomic E-state index is 13.1. The Hall–Kier alpha value is -3.68. The molecule has 0 aliphatic carbocycles. The van der Waals surface area contributed by atoms with Crippen LogP contribution in [0.1, 0.15) is 12.3 Å². The minimum Gasteiger partial charge on any atom is -0.368 e. The van der Waals surface area contributed by atoms with Gasteiger partial charge < -0.3 is 19.2 Å². The monoisotopic (exact) mass is 431 g/mol. The van der Waals surface area contributed by atoms with Crippen LogP contribution in [-0.4, -0.2) is 59.6 Å². The second-order valence-electron chi connectivity index (χ2n) is 8.24. The number of para-hydroxylation sites is 1. The van der Waals surface area contributed by atoms with Crippen LogP contribution in [0.5, 0.6) is 0 Å². The maximum Gasteiger partial charge on any atom is 0.228 e. The minimum absolute atomic E-state index is 0.0186. The molecule has 0 bridgehead atoms. The van der Waals surface area contributed by atoms with Gasteiger partial charge in [0, 0.05) is 63.0 Å². The third kappa shape index (κ3) is 3.95. The van der Waals surface area contributed by atoms with Crippen molar-refractivity contribution in [1.82, 2.24) is 15.0 Å². The summed E-state index contributed by atoms with van der Waals surface area (Å²) in [6.45, 7) is 5.05. The fraction of sp³-hybridized carbons (Fsp3) is 0.333. The highest BCUT2D eigenvalue weighted by Crippen LogP contribution is 2.27. The molecule has 0 N–H and O–H groups in total. The predicted molar refractivity (Wildman–Crippen MR) is 120 cm³/mol. The van der Waals surface area contributed by atoms with Crippen molar-refractivity contribution >= 4 is 23.2 Å². The number of aromatic nitrogens is 2. The molecule has 0 saturated carbocycles. The van der Waals surface area contributed by atoms with Gasteiger partial charge in [-0.25, -0.2) is 0 Å². The zero-order valence-corrected chi connectivity index (χ0v) is 18.0. The van der Waals surface area contributed by atoms with Crippen LogP contribution < -0.4 is 9.80 Å². The molecule has 2 fully saturated rings. The van der Waals surface area contributed by atoms with Crippen molar-refractivity contribution < 1.29 is 14.1 Å². The number of aryl methyl sites for hydroxylation is 1. The smallest absolute Gasteiger partial charge is 0.228 e. The van der Waals surface area contributed by atoms with E-state index in [2.05, 4.69) is 15.0 Å². The topological polar surface area (TPSA) is 82.8 Å². The number of carbonyl (C=O) groups excluding carboxylic acids is 2. The largest absolute Gasteiger partial charge is 0.368 e. The summed E-state index contributed by atoms with van der Waals surface area (Å²) in [5.41, 5.74) is 2.87. The number of hydrogen-bond acceptors (Lipinski definition) is 6. The van der Waals surface area contributed by atoms with Crippen LogP contribution in [0.15, 0.2) is 59.1 Å². The van der Waals surface area contributed by atoms with E-state index in [1.54, 1.807) is 11.8 Å². The molecule has 2 aromatic carbocycles. The van der Waals surface area contributed by atoms with Crippen LogP contribution in [0.25, 0.3) is 11.4 Å². The first-order chi connectivity index (χ1) is 15.6. The third-order valence-electron chi connectivity index (χ3n) is 6.15. The van der Waals surface area contributed by atoms with Gasteiger partial charge in [-0.15, -0.1) is 0 Å². The van der Waals surface area contributed by atoms with Gasteiger partial charge in [-0.3, -0.25) is 9.59 Å². The SMILES string of the molecule is Cc1nc(-c2ccc(N3CCN(C(=O)[C@H]4CC(=O)N(c5ccccc5)C4)CC3)cc2)no1. The molecular weight excluding hydrogens is 406 g/mol. The summed E-state index contributed by atoms with van der Waals surface area (Å²) in [4.78, 5) is 35.7. The van der Waals surface area contributed by atoms with E-state index in [1.165, 1.54) is 0 Å². The first-order valence-electron chi connectivity index (χ1n) is 10.9. The van der Waals surface area contributed by atoms with Gasteiger partial charge in [0.05, 0.1) is 5.92 Å². The Bertz CT molecular complexity index is 1100. The molecule has 2 aliphatic rings. The molecule has 0 spiro atoms. The Balaban J connectivity index is 1.18. The highest BCUT2D eigenvalue weighted by Gasteiger charge is 2.37. The summed E-state index contributed by atoms with van der Waals surface area (Å²) in [7, 11) is 0. The van der Waals surface area contributed by atoms with Gasteiger partial charge in [-0.2, -0.15) is 4.98 Å². The van der Waals surface area contributed by atoms with Crippen molar-refractivity contribution in [2.75, 3.05) is 42.5 Å². The number of hydrogen-bond donors (Lipinski definition) is 0. The molecule has 164 valence electrons. The Labute approximate surface area is 186 Å². The highest BCUT2D eigenvalue weighted by atomic mass is 16.5. The Morgan fingerprint density at radius 2 is 1.69 bits per heavy atom. The number of piperazine rings is 1. The lowest BCUT2D eigenvalue weighted by atomic mass is 10.1. The average molecular weight is 431 g/mol. The third-order valence-corrected chi connectivity index (χ3v) is 6.15. The van der Waals surface area contributed by atoms with Crippen molar-refractivity contribution in [3.8, 4) is 11.4 Å². The van der Waals surface area contributed by atoms with Crippen LogP contribution in [0, 0.1) is 12.8 Å². The number of amides is 2. The van der Waals surface area contributed by atoms with E-state index in [0.29, 0.717) is 31.3 Å². The summed E-state index contributed by atoms with van der Waals surface area (Å²) in [5, 5.41) is 3.95. The van der Waals surface area contributed by atoms with Crippen LogP contribution in [0.4, 0.5) is 11.4 Å². The summed E-state index contributed by atoms with van der Waals surface area (Å²) >= 11 is 0. The van der Waals surface area contributed by atoms with Gasteiger partial charge in [0.1, 0.15) is 0 Å². The number of nitrogens with zero attached hydrogens (tertiary/aromatic N) is 5. The van der Waals surface area contributed by atoms with E-state index < -0.39 is 0 Å². The summed E-state index contributed by atoms with van der Waals surface area (Å²) in [6, 6.07) is 17.6. The Morgan fingerprint density at radius 3 is 2.34 bits per heavy atom. The summed E-state index contributed by atoms with van der Waals surface area (Å²) in [5.74, 6) is 0.956. The molecule has 2 aliphatic heterocycles. The first kappa shape index (κ1) is 20.2. The van der Waals surface area contributed by atoms with E-state index in [0.717, 1.165) is 30.0 Å². The van der Waals surface area contributed by atoms with Crippen molar-refractivity contribution in [2.24, 2.45) is 5.92 Å². The van der Waals surface area contributed by atoms with Gasteiger partial charge in [0.25, 0.3) is 0 Å². The molecule has 2 amide bonds. The fourth-order valence-corrected chi connectivity index (χ4v) is 4.41. The lowest BCUT2D eigenvalue weighted by Crippen LogP contribution is -2.50. The molecule has 2 saturated heterocycles. The standard InChI is InChI=1S/C24H25N5O3/c1-17-25-23(26-32-17)18-7-9-20(10-8-18)27-11-13-28(14-12-27)24(31)19-15-22(30)29(16-19)21-5-3-2-4-6-21/h2-10,19H,11-16H2,1H3/t19-/m0/s1. The zero-order chi connectivity index (χ0) is 22.1. The summed E-state index contributed by atoms with van der Waals surface area (Å²) in [6.07, 6.45) is 0.283. The summed E-state index contributed by atoms with van der Waals surface area (Å²) < 4.78 is 5.05. The van der Waals surface area contributed by atoms with Crippen molar-refractivity contribution in [1.29, 1.82) is 0 Å². The number of benzene rings is 2. The number of anilines is 2. The first-order valence-corrected chi connectivity index (χ1v) is 10.9. The van der Waals surface area contributed by atoms with Crippen LogP contribution >= 0.6 is 0 Å². The molecule has 8 heteroatoms. The second kappa shape index (κ2) is 8.45. The van der Waals surface area contributed by atoms with Crippen LogP contribution in [0.2, 0.25) is 0 Å². The van der Waals surface area contributed by atoms with E-state index in [-0.39, 0.29) is 24.2 Å². The van der Waals surface area contributed by atoms with Crippen LogP contribution in [0.3, 0.4) is 0 Å². The van der Waals surface area contributed by atoms with Crippen molar-refractivity contribution in [2.45, 2.75) is 13.3 Å². The molecule has 3 aromatic rings. The van der Waals surface area contributed by atoms with Crippen molar-refractivity contribution in [3.63, 3.8) is 0 Å². The van der Waals surface area contributed by atoms with Gasteiger partial charge in [-0.05, 0) is 36.4 Å². The average Bonchev–Trinajstić information content (AvgIpc) is 3.45.